The predicted molar refractivity (Wildman–Crippen MR) is 341 cm³/mol. The van der Waals surface area contributed by atoms with Gasteiger partial charge in [0.1, 0.15) is 0 Å². The van der Waals surface area contributed by atoms with Crippen LogP contribution in [-0.4, -0.2) is 4.70 Å². The van der Waals surface area contributed by atoms with Crippen molar-refractivity contribution in [1.29, 1.82) is 0 Å². The van der Waals surface area contributed by atoms with Crippen LogP contribution in [0.4, 0.5) is 0 Å². The maximum absolute atomic E-state index is 12.9. The minimum absolute atomic E-state index is 0.944. The van der Waals surface area contributed by atoms with Gasteiger partial charge in [0.25, 0.3) is 0 Å². The van der Waals surface area contributed by atoms with Gasteiger partial charge in [0, 0.05) is 22.3 Å². The summed E-state index contributed by atoms with van der Waals surface area (Å²) in [5.41, 5.74) is 26.3. The van der Waals surface area contributed by atoms with Crippen molar-refractivity contribution in [2.75, 3.05) is 0 Å². The molecule has 0 spiro atoms. The summed E-state index contributed by atoms with van der Waals surface area (Å²) in [5.74, 6) is 0. The van der Waals surface area contributed by atoms with Crippen LogP contribution in [0, 0.1) is 0 Å². The molecule has 0 aliphatic carbocycles. The topological polar surface area (TPSA) is 25.3 Å². The molecule has 0 fully saturated rings. The van der Waals surface area contributed by atoms with Crippen molar-refractivity contribution in [3.05, 3.63) is 86.5 Å². The number of hydrogen-bond donors (Lipinski definition) is 0. The predicted octanol–water partition coefficient (Wildman–Crippen LogP) is 25.9. The summed E-state index contributed by atoms with van der Waals surface area (Å²) in [5, 5.41) is 0. The second-order valence-electron chi connectivity index (χ2n) is 24.6. The van der Waals surface area contributed by atoms with E-state index < -0.39 is 0 Å². The van der Waals surface area contributed by atoms with Gasteiger partial charge in [0.2, 0.25) is 11.4 Å². The Morgan fingerprint density at radius 1 is 0.237 bits per heavy atom. The first kappa shape index (κ1) is 67.8. The van der Waals surface area contributed by atoms with Crippen molar-refractivity contribution in [3.63, 3.8) is 0 Å². The molecule has 434 valence electrons. The van der Waals surface area contributed by atoms with E-state index in [0.29, 0.717) is 0 Å². The first-order chi connectivity index (χ1) is 37.5. The first-order valence-corrected chi connectivity index (χ1v) is 34.7. The smallest absolute Gasteiger partial charge is 0.211 e. The molecule has 0 saturated heterocycles. The number of nitrogens with zero attached hydrogens (tertiary/aromatic N) is 2. The van der Waals surface area contributed by atoms with Crippen LogP contribution >= 0.6 is 0 Å². The van der Waals surface area contributed by atoms with E-state index in [-0.39, 0.29) is 0 Å². The van der Waals surface area contributed by atoms with Crippen LogP contribution in [0.3, 0.4) is 0 Å². The van der Waals surface area contributed by atoms with Gasteiger partial charge in [0.05, 0.1) is 0 Å². The van der Waals surface area contributed by atoms with Gasteiger partial charge < -0.3 is 5.53 Å². The number of aryl methyl sites for hydroxylation is 4. The fraction of sp³-hybridized carbons (Fsp3) is 0.784. The number of benzene rings is 2. The lowest BCUT2D eigenvalue weighted by Crippen LogP contribution is -2.05. The quantitative estimate of drug-likeness (QED) is 0.0466. The highest BCUT2D eigenvalue weighted by molar-refractivity contribution is 5.82. The largest absolute Gasteiger partial charge is 0.493 e. The zero-order valence-electron chi connectivity index (χ0n) is 52.1. The zero-order valence-corrected chi connectivity index (χ0v) is 52.1. The van der Waals surface area contributed by atoms with Gasteiger partial charge in [-0.05, 0) is 117 Å². The van der Waals surface area contributed by atoms with Crippen LogP contribution < -0.4 is 0 Å². The Balaban J connectivity index is 1.77. The zero-order chi connectivity index (χ0) is 54.4. The van der Waals surface area contributed by atoms with E-state index in [1.54, 1.807) is 4.70 Å². The van der Waals surface area contributed by atoms with Crippen LogP contribution in [0.15, 0.2) is 47.5 Å². The number of unbranched alkanes of at least 4 members (excludes halogenated alkanes) is 41. The van der Waals surface area contributed by atoms with Crippen molar-refractivity contribution < 1.29 is 4.70 Å². The monoisotopic (exact) mass is 1050 g/mol. The maximum Gasteiger partial charge on any atom is 0.211 e. The maximum atomic E-state index is 12.9. The van der Waals surface area contributed by atoms with Gasteiger partial charge in [-0.25, -0.2) is 4.70 Å². The van der Waals surface area contributed by atoms with E-state index in [0.717, 1.165) is 49.9 Å². The molecule has 2 aromatic carbocycles. The molecule has 0 N–H and O–H groups in total. The Kier molecular flexibility index (Phi) is 42.2. The minimum atomic E-state index is 0.944. The van der Waals surface area contributed by atoms with Crippen molar-refractivity contribution in [1.82, 2.24) is 0 Å². The van der Waals surface area contributed by atoms with E-state index in [1.807, 2.05) is 0 Å². The van der Waals surface area contributed by atoms with Gasteiger partial charge in [-0.3, -0.25) is 0 Å². The lowest BCUT2D eigenvalue weighted by Gasteiger charge is -2.15. The molecule has 1 aliphatic rings. The normalized spacial score (nSPS) is 12.9. The van der Waals surface area contributed by atoms with E-state index in [4.69, 9.17) is 0 Å². The third-order valence-corrected chi connectivity index (χ3v) is 17.4. The number of rotatable bonds is 54. The molecule has 2 aromatic rings. The van der Waals surface area contributed by atoms with Crippen molar-refractivity contribution in [2.24, 2.45) is 0 Å². The minimum Gasteiger partial charge on any atom is -0.493 e. The summed E-state index contributed by atoms with van der Waals surface area (Å²) in [7, 11) is 0. The van der Waals surface area contributed by atoms with E-state index in [9.17, 15) is 5.53 Å². The third-order valence-electron chi connectivity index (χ3n) is 17.4. The summed E-state index contributed by atoms with van der Waals surface area (Å²) >= 11 is 0. The fourth-order valence-electron chi connectivity index (χ4n) is 12.6. The van der Waals surface area contributed by atoms with Gasteiger partial charge in [0.15, 0.2) is 0 Å². The molecular formula is C74H128N2. The molecule has 1 aliphatic heterocycles. The van der Waals surface area contributed by atoms with Crippen LogP contribution in [0.25, 0.3) is 16.9 Å². The van der Waals surface area contributed by atoms with Crippen LogP contribution in [0.5, 0.6) is 0 Å². The van der Waals surface area contributed by atoms with Crippen LogP contribution in [0.2, 0.25) is 0 Å². The Bertz CT molecular complexity index is 1690. The number of allylic oxidation sites excluding steroid dienone is 2. The second-order valence-corrected chi connectivity index (χ2v) is 24.6. The average molecular weight is 1050 g/mol. The molecule has 2 nitrogen and oxygen atoms in total. The lowest BCUT2D eigenvalue weighted by atomic mass is 9.90. The molecule has 0 saturated carbocycles. The Hall–Kier alpha value is -2.48. The summed E-state index contributed by atoms with van der Waals surface area (Å²) in [4.78, 5) is 0. The highest BCUT2D eigenvalue weighted by Crippen LogP contribution is 2.45. The van der Waals surface area contributed by atoms with Gasteiger partial charge >= 0.3 is 0 Å². The molecular weight excluding hydrogens is 917 g/mol. The lowest BCUT2D eigenvalue weighted by molar-refractivity contribution is -0.345. The Morgan fingerprint density at radius 2 is 0.434 bits per heavy atom. The van der Waals surface area contributed by atoms with Crippen molar-refractivity contribution in [3.8, 4) is 0 Å². The molecule has 0 atom stereocenters. The Morgan fingerprint density at radius 3 is 0.671 bits per heavy atom. The summed E-state index contributed by atoms with van der Waals surface area (Å²) < 4.78 is 1.72. The van der Waals surface area contributed by atoms with Gasteiger partial charge in [-0.2, -0.15) is 0 Å². The first-order valence-electron chi connectivity index (χ1n) is 34.7. The highest BCUT2D eigenvalue weighted by atomic mass is 15.2. The second kappa shape index (κ2) is 47.3. The number of hydrogen-bond acceptors (Lipinski definition) is 0. The highest BCUT2D eigenvalue weighted by Gasteiger charge is 2.35. The molecule has 0 bridgehead atoms. The molecule has 0 radical (unpaired) electrons. The molecule has 2 heteroatoms. The van der Waals surface area contributed by atoms with Gasteiger partial charge in [-0.1, -0.05) is 317 Å². The fourth-order valence-corrected chi connectivity index (χ4v) is 12.6. The summed E-state index contributed by atoms with van der Waals surface area (Å²) in [6, 6.07) is 15.1. The van der Waals surface area contributed by atoms with Crippen molar-refractivity contribution >= 4 is 11.4 Å². The van der Waals surface area contributed by atoms with Crippen LogP contribution in [-0.2, 0) is 25.7 Å². The SMILES string of the molecule is CCCCCCCCCCCCCCCCCCc1cc(CCCCCCCCCCCCCCCCCC)cc(C2=C(CC)C(CCCCCCCC)=C(c3cc(CCCCCC)cc(CCCCCC)c3)[N+]2=[N-])c1. The molecule has 0 unspecified atom stereocenters. The molecule has 0 amide bonds. The van der Waals surface area contributed by atoms with Crippen molar-refractivity contribution in [2.45, 2.75) is 375 Å². The average Bonchev–Trinajstić information content (AvgIpc) is 3.72. The molecule has 3 rings (SSSR count). The third kappa shape index (κ3) is 30.8. The molecule has 0 aromatic heterocycles. The van der Waals surface area contributed by atoms with E-state index in [2.05, 4.69) is 77.9 Å². The van der Waals surface area contributed by atoms with Crippen LogP contribution in [0.1, 0.15) is 383 Å². The van der Waals surface area contributed by atoms with E-state index in [1.165, 1.54) is 340 Å². The molecule has 1 heterocycles. The summed E-state index contributed by atoms with van der Waals surface area (Å²) in [6.45, 7) is 14.0. The standard InChI is InChI=1S/C74H128N2/c1-7-13-18-23-26-28-30-32-34-36-38-40-42-44-46-51-56-67-60-68(57-52-47-45-43-41-39-37-35-33-31-29-27-24-19-14-8-2)62-69(61-67)73-71(12-6)72(58-53-48-25-20-15-9-3)74(76(73)75)70-63-65(54-49-21-16-10-4)59-66(64-70)55-50-22-17-11-5/h59-64H,7-58H2,1-6H3. The summed E-state index contributed by atoms with van der Waals surface area (Å²) in [6.07, 6.45) is 69.6. The molecule has 76 heavy (non-hydrogen) atoms. The Labute approximate surface area is 475 Å². The van der Waals surface area contributed by atoms with Gasteiger partial charge in [-0.15, -0.1) is 0 Å². The van der Waals surface area contributed by atoms with E-state index >= 15 is 0 Å².